The zero-order valence-corrected chi connectivity index (χ0v) is 15.2. The zero-order chi connectivity index (χ0) is 17.2. The lowest BCUT2D eigenvalue weighted by Gasteiger charge is -2.30. The maximum Gasteiger partial charge on any atom is 0.0828 e. The van der Waals surface area contributed by atoms with E-state index in [1.165, 1.54) is 43.2 Å². The normalized spacial score (nSPS) is 20.5. The molecular formula is C23H31NO. The fraction of sp³-hybridized carbons (Fsp3) is 0.478. The van der Waals surface area contributed by atoms with Gasteiger partial charge in [-0.3, -0.25) is 0 Å². The van der Waals surface area contributed by atoms with Crippen LogP contribution in [-0.4, -0.2) is 19.2 Å². The summed E-state index contributed by atoms with van der Waals surface area (Å²) in [7, 11) is 0. The van der Waals surface area contributed by atoms with Crippen LogP contribution in [0.2, 0.25) is 0 Å². The lowest BCUT2D eigenvalue weighted by atomic mass is 9.97. The number of nitrogens with one attached hydrogen (secondary N) is 1. The van der Waals surface area contributed by atoms with Gasteiger partial charge in [0, 0.05) is 0 Å². The van der Waals surface area contributed by atoms with E-state index in [1.54, 1.807) is 0 Å². The summed E-state index contributed by atoms with van der Waals surface area (Å²) >= 11 is 0. The Bertz CT molecular complexity index is 584. The minimum Gasteiger partial charge on any atom is -0.370 e. The highest BCUT2D eigenvalue weighted by atomic mass is 16.5. The Hall–Kier alpha value is -1.64. The maximum absolute atomic E-state index is 6.32. The van der Waals surface area contributed by atoms with Gasteiger partial charge in [-0.05, 0) is 69.2 Å². The molecule has 0 aliphatic carbocycles. The van der Waals surface area contributed by atoms with Gasteiger partial charge in [0.05, 0.1) is 12.2 Å². The van der Waals surface area contributed by atoms with Crippen molar-refractivity contribution in [2.24, 2.45) is 0 Å². The Morgan fingerprint density at radius 2 is 1.60 bits per heavy atom. The molecule has 0 aromatic heterocycles. The van der Waals surface area contributed by atoms with Crippen molar-refractivity contribution >= 4 is 0 Å². The van der Waals surface area contributed by atoms with Gasteiger partial charge in [-0.1, -0.05) is 60.7 Å². The topological polar surface area (TPSA) is 21.3 Å². The van der Waals surface area contributed by atoms with Crippen molar-refractivity contribution in [3.8, 4) is 0 Å². The second kappa shape index (κ2) is 10.4. The summed E-state index contributed by atoms with van der Waals surface area (Å²) in [6.45, 7) is 2.18. The van der Waals surface area contributed by atoms with Gasteiger partial charge in [0.15, 0.2) is 0 Å². The van der Waals surface area contributed by atoms with Crippen LogP contribution < -0.4 is 5.32 Å². The molecule has 1 saturated heterocycles. The standard InChI is InChI=1S/C23H31NO/c1-3-10-20(11-4-1)12-7-8-18-24-19-17-22-15-9-16-23(25-22)21-13-5-2-6-14-21/h1-6,10-11,13-14,22-24H,7-9,12,15-19H2/t22-,23+/m1/s1. The van der Waals surface area contributed by atoms with Crippen molar-refractivity contribution in [2.75, 3.05) is 13.1 Å². The van der Waals surface area contributed by atoms with Crippen LogP contribution in [0.1, 0.15) is 55.8 Å². The SMILES string of the molecule is c1ccc(CCCCNCC[C@H]2CCC[C@@H](c3ccccc3)O2)cc1. The predicted molar refractivity (Wildman–Crippen MR) is 105 cm³/mol. The van der Waals surface area contributed by atoms with E-state index in [0.717, 1.165) is 25.9 Å². The molecule has 1 aliphatic rings. The summed E-state index contributed by atoms with van der Waals surface area (Å²) in [5.74, 6) is 0. The minimum atomic E-state index is 0.297. The van der Waals surface area contributed by atoms with Crippen molar-refractivity contribution in [3.05, 3.63) is 71.8 Å². The van der Waals surface area contributed by atoms with Gasteiger partial charge in [0.1, 0.15) is 0 Å². The first-order valence-corrected chi connectivity index (χ1v) is 9.87. The molecule has 25 heavy (non-hydrogen) atoms. The lowest BCUT2D eigenvalue weighted by Crippen LogP contribution is -2.27. The average Bonchev–Trinajstić information content (AvgIpc) is 2.69. The molecule has 2 heteroatoms. The number of hydrogen-bond donors (Lipinski definition) is 1. The smallest absolute Gasteiger partial charge is 0.0828 e. The first-order chi connectivity index (χ1) is 12.4. The monoisotopic (exact) mass is 337 g/mol. The number of unbranched alkanes of at least 4 members (excludes halogenated alkanes) is 1. The third-order valence-corrected chi connectivity index (χ3v) is 5.08. The van der Waals surface area contributed by atoms with E-state index >= 15 is 0 Å². The lowest BCUT2D eigenvalue weighted by molar-refractivity contribution is -0.0544. The van der Waals surface area contributed by atoms with Crippen molar-refractivity contribution < 1.29 is 4.74 Å². The average molecular weight is 338 g/mol. The fourth-order valence-corrected chi connectivity index (χ4v) is 3.64. The van der Waals surface area contributed by atoms with Crippen molar-refractivity contribution in [2.45, 2.75) is 57.2 Å². The predicted octanol–water partition coefficient (Wildman–Crippen LogP) is 5.30. The Labute approximate surface area is 152 Å². The van der Waals surface area contributed by atoms with Gasteiger partial charge in [-0.15, -0.1) is 0 Å². The van der Waals surface area contributed by atoms with Gasteiger partial charge >= 0.3 is 0 Å². The van der Waals surface area contributed by atoms with Crippen LogP contribution >= 0.6 is 0 Å². The Morgan fingerprint density at radius 3 is 2.40 bits per heavy atom. The summed E-state index contributed by atoms with van der Waals surface area (Å²) in [4.78, 5) is 0. The molecule has 2 aromatic carbocycles. The number of hydrogen-bond acceptors (Lipinski definition) is 2. The summed E-state index contributed by atoms with van der Waals surface area (Å²) < 4.78 is 6.32. The molecule has 2 aromatic rings. The Kier molecular flexibility index (Phi) is 7.54. The summed E-state index contributed by atoms with van der Waals surface area (Å²) in [6.07, 6.45) is 9.17. The first kappa shape index (κ1) is 18.2. The van der Waals surface area contributed by atoms with Crippen LogP contribution in [0.15, 0.2) is 60.7 Å². The van der Waals surface area contributed by atoms with Crippen molar-refractivity contribution in [1.82, 2.24) is 5.32 Å². The van der Waals surface area contributed by atoms with Gasteiger partial charge < -0.3 is 10.1 Å². The van der Waals surface area contributed by atoms with Gasteiger partial charge in [0.25, 0.3) is 0 Å². The van der Waals surface area contributed by atoms with Crippen molar-refractivity contribution in [3.63, 3.8) is 0 Å². The number of ether oxygens (including phenoxy) is 1. The first-order valence-electron chi connectivity index (χ1n) is 9.87. The minimum absolute atomic E-state index is 0.297. The fourth-order valence-electron chi connectivity index (χ4n) is 3.64. The maximum atomic E-state index is 6.32. The summed E-state index contributed by atoms with van der Waals surface area (Å²) in [5, 5.41) is 3.59. The quantitative estimate of drug-likeness (QED) is 0.627. The van der Waals surface area contributed by atoms with Crippen LogP contribution in [0.3, 0.4) is 0 Å². The van der Waals surface area contributed by atoms with Crippen LogP contribution in [0.4, 0.5) is 0 Å². The molecule has 1 heterocycles. The van der Waals surface area contributed by atoms with E-state index < -0.39 is 0 Å². The molecule has 2 nitrogen and oxygen atoms in total. The van der Waals surface area contributed by atoms with E-state index in [2.05, 4.69) is 66.0 Å². The molecule has 1 fully saturated rings. The molecule has 1 aliphatic heterocycles. The molecule has 3 rings (SSSR count). The van der Waals surface area contributed by atoms with E-state index in [1.807, 2.05) is 0 Å². The van der Waals surface area contributed by atoms with Gasteiger partial charge in [-0.25, -0.2) is 0 Å². The number of aryl methyl sites for hydroxylation is 1. The molecule has 0 saturated carbocycles. The second-order valence-corrected chi connectivity index (χ2v) is 7.07. The molecule has 2 atom stereocenters. The van der Waals surface area contributed by atoms with Crippen LogP contribution in [-0.2, 0) is 11.2 Å². The molecule has 0 bridgehead atoms. The molecule has 1 N–H and O–H groups in total. The highest BCUT2D eigenvalue weighted by Crippen LogP contribution is 2.31. The Morgan fingerprint density at radius 1 is 0.840 bits per heavy atom. The largest absolute Gasteiger partial charge is 0.370 e. The molecule has 134 valence electrons. The van der Waals surface area contributed by atoms with E-state index in [9.17, 15) is 0 Å². The molecule has 0 radical (unpaired) electrons. The number of rotatable bonds is 9. The highest BCUT2D eigenvalue weighted by molar-refractivity contribution is 5.18. The van der Waals surface area contributed by atoms with E-state index in [0.29, 0.717) is 12.2 Å². The molecule has 0 amide bonds. The van der Waals surface area contributed by atoms with Crippen LogP contribution in [0, 0.1) is 0 Å². The highest BCUT2D eigenvalue weighted by Gasteiger charge is 2.22. The molecular weight excluding hydrogens is 306 g/mol. The van der Waals surface area contributed by atoms with Gasteiger partial charge in [-0.2, -0.15) is 0 Å². The second-order valence-electron chi connectivity index (χ2n) is 7.07. The summed E-state index contributed by atoms with van der Waals surface area (Å²) in [6, 6.07) is 21.5. The molecule has 0 spiro atoms. The van der Waals surface area contributed by atoms with Gasteiger partial charge in [0.2, 0.25) is 0 Å². The van der Waals surface area contributed by atoms with Crippen LogP contribution in [0.5, 0.6) is 0 Å². The Balaban J connectivity index is 1.26. The van der Waals surface area contributed by atoms with Crippen molar-refractivity contribution in [1.29, 1.82) is 0 Å². The zero-order valence-electron chi connectivity index (χ0n) is 15.2. The third kappa shape index (κ3) is 6.30. The third-order valence-electron chi connectivity index (χ3n) is 5.08. The van der Waals surface area contributed by atoms with E-state index in [-0.39, 0.29) is 0 Å². The van der Waals surface area contributed by atoms with E-state index in [4.69, 9.17) is 4.74 Å². The number of benzene rings is 2. The molecule has 0 unspecified atom stereocenters. The van der Waals surface area contributed by atoms with Crippen LogP contribution in [0.25, 0.3) is 0 Å². The summed E-state index contributed by atoms with van der Waals surface area (Å²) in [5.41, 5.74) is 2.78.